The molecular weight excluding hydrogens is 286 g/mol. The normalized spacial score (nSPS) is 12.1. The third-order valence-electron chi connectivity index (χ3n) is 3.82. The van der Waals surface area contributed by atoms with Crippen molar-refractivity contribution in [3.05, 3.63) is 60.4 Å². The first-order valence-corrected chi connectivity index (χ1v) is 7.92. The minimum absolute atomic E-state index is 0.189. The largest absolute Gasteiger partial charge is 0.491 e. The van der Waals surface area contributed by atoms with Crippen LogP contribution in [0.5, 0.6) is 5.75 Å². The number of para-hydroxylation sites is 1. The number of aromatic nitrogens is 2. The summed E-state index contributed by atoms with van der Waals surface area (Å²) in [6.07, 6.45) is 2.54. The van der Waals surface area contributed by atoms with Gasteiger partial charge in [-0.15, -0.1) is 0 Å². The van der Waals surface area contributed by atoms with E-state index in [1.165, 1.54) is 5.56 Å². The van der Waals surface area contributed by atoms with Crippen molar-refractivity contribution in [2.45, 2.75) is 26.3 Å². The fraction of sp³-hybridized carbons (Fsp3) is 0.263. The van der Waals surface area contributed by atoms with Gasteiger partial charge in [0.05, 0.1) is 11.6 Å². The molecule has 0 amide bonds. The van der Waals surface area contributed by atoms with E-state index in [0.29, 0.717) is 6.61 Å². The van der Waals surface area contributed by atoms with Crippen molar-refractivity contribution in [1.29, 1.82) is 0 Å². The number of nitrogens with zero attached hydrogens (tertiary/aromatic N) is 2. The second-order valence-corrected chi connectivity index (χ2v) is 5.62. The number of rotatable bonds is 6. The summed E-state index contributed by atoms with van der Waals surface area (Å²) in [6, 6.07) is 16.3. The Labute approximate surface area is 136 Å². The van der Waals surface area contributed by atoms with Gasteiger partial charge < -0.3 is 10.1 Å². The maximum atomic E-state index is 5.92. The Kier molecular flexibility index (Phi) is 4.71. The van der Waals surface area contributed by atoms with Gasteiger partial charge >= 0.3 is 0 Å². The van der Waals surface area contributed by atoms with E-state index < -0.39 is 0 Å². The maximum Gasteiger partial charge on any atom is 0.137 e. The van der Waals surface area contributed by atoms with Crippen LogP contribution in [0.1, 0.15) is 18.9 Å². The summed E-state index contributed by atoms with van der Waals surface area (Å²) in [6.45, 7) is 4.80. The molecule has 0 aliphatic carbocycles. The van der Waals surface area contributed by atoms with Crippen LogP contribution in [0.3, 0.4) is 0 Å². The molecule has 0 bridgehead atoms. The molecule has 1 heterocycles. The van der Waals surface area contributed by atoms with Crippen molar-refractivity contribution < 1.29 is 4.74 Å². The summed E-state index contributed by atoms with van der Waals surface area (Å²) in [5.41, 5.74) is 2.14. The third-order valence-corrected chi connectivity index (χ3v) is 3.82. The van der Waals surface area contributed by atoms with Crippen LogP contribution in [0, 0.1) is 6.92 Å². The van der Waals surface area contributed by atoms with Crippen LogP contribution in [0.4, 0.5) is 5.82 Å². The summed E-state index contributed by atoms with van der Waals surface area (Å²) in [7, 11) is 0. The van der Waals surface area contributed by atoms with Crippen molar-refractivity contribution in [2.24, 2.45) is 0 Å². The Morgan fingerprint density at radius 1 is 1.09 bits per heavy atom. The highest BCUT2D eigenvalue weighted by molar-refractivity contribution is 5.88. The first-order valence-electron chi connectivity index (χ1n) is 7.92. The molecule has 1 N–H and O–H groups in total. The Bertz CT molecular complexity index is 783. The molecule has 3 aromatic rings. The smallest absolute Gasteiger partial charge is 0.137 e. The van der Waals surface area contributed by atoms with Crippen molar-refractivity contribution in [2.75, 3.05) is 11.9 Å². The zero-order valence-electron chi connectivity index (χ0n) is 13.5. The molecule has 4 nitrogen and oxygen atoms in total. The summed E-state index contributed by atoms with van der Waals surface area (Å²) in [5.74, 6) is 1.76. The minimum Gasteiger partial charge on any atom is -0.491 e. The second-order valence-electron chi connectivity index (χ2n) is 5.62. The molecule has 1 unspecified atom stereocenters. The molecule has 2 aromatic carbocycles. The van der Waals surface area contributed by atoms with Crippen LogP contribution in [0.2, 0.25) is 0 Å². The van der Waals surface area contributed by atoms with Crippen LogP contribution in [-0.2, 0) is 0 Å². The number of nitrogens with one attached hydrogen (secondary N) is 1. The zero-order valence-corrected chi connectivity index (χ0v) is 13.5. The van der Waals surface area contributed by atoms with E-state index in [0.717, 1.165) is 28.9 Å². The molecule has 0 saturated heterocycles. The molecule has 0 aliphatic heterocycles. The Morgan fingerprint density at radius 3 is 2.78 bits per heavy atom. The van der Waals surface area contributed by atoms with E-state index >= 15 is 0 Å². The summed E-state index contributed by atoms with van der Waals surface area (Å²) in [5, 5.41) is 4.51. The van der Waals surface area contributed by atoms with Gasteiger partial charge in [0.25, 0.3) is 0 Å². The molecule has 1 aromatic heterocycles. The van der Waals surface area contributed by atoms with E-state index in [1.807, 2.05) is 42.5 Å². The number of aryl methyl sites for hydroxylation is 1. The average molecular weight is 307 g/mol. The van der Waals surface area contributed by atoms with Gasteiger partial charge in [-0.25, -0.2) is 9.97 Å². The van der Waals surface area contributed by atoms with Crippen LogP contribution in [0.15, 0.2) is 54.9 Å². The van der Waals surface area contributed by atoms with Gasteiger partial charge in [-0.05, 0) is 43.2 Å². The van der Waals surface area contributed by atoms with Gasteiger partial charge in [-0.2, -0.15) is 0 Å². The van der Waals surface area contributed by atoms with Crippen LogP contribution in [0.25, 0.3) is 10.9 Å². The Hall–Kier alpha value is -2.62. The zero-order chi connectivity index (χ0) is 16.1. The number of ether oxygens (including phenoxy) is 1. The summed E-state index contributed by atoms with van der Waals surface area (Å²) < 4.78 is 5.92. The number of fused-ring (bicyclic) bond motifs is 1. The van der Waals surface area contributed by atoms with E-state index in [-0.39, 0.29) is 6.04 Å². The molecule has 3 rings (SSSR count). The lowest BCUT2D eigenvalue weighted by Crippen LogP contribution is -2.27. The van der Waals surface area contributed by atoms with Crippen LogP contribution < -0.4 is 10.1 Å². The highest BCUT2D eigenvalue weighted by Gasteiger charge is 2.10. The minimum atomic E-state index is 0.189. The van der Waals surface area contributed by atoms with Crippen LogP contribution in [-0.4, -0.2) is 22.6 Å². The highest BCUT2D eigenvalue weighted by atomic mass is 16.5. The standard InChI is InChI=1S/C19H21N3O/c1-3-15(12-23-16-8-6-7-14(2)11-16)22-19-17-9-4-5-10-18(17)20-13-21-19/h4-11,13,15H,3,12H2,1-2H3,(H,20,21,22). The predicted molar refractivity (Wildman–Crippen MR) is 93.9 cm³/mol. The van der Waals surface area contributed by atoms with E-state index in [1.54, 1.807) is 6.33 Å². The molecule has 0 aliphatic rings. The molecule has 23 heavy (non-hydrogen) atoms. The lowest BCUT2D eigenvalue weighted by molar-refractivity contribution is 0.294. The quantitative estimate of drug-likeness (QED) is 0.741. The van der Waals surface area contributed by atoms with Crippen molar-refractivity contribution in [3.63, 3.8) is 0 Å². The van der Waals surface area contributed by atoms with E-state index in [4.69, 9.17) is 4.74 Å². The lowest BCUT2D eigenvalue weighted by Gasteiger charge is -2.19. The SMILES string of the molecule is CCC(COc1cccc(C)c1)Nc1ncnc2ccccc12. The summed E-state index contributed by atoms with van der Waals surface area (Å²) >= 11 is 0. The number of hydrogen-bond acceptors (Lipinski definition) is 4. The van der Waals surface area contributed by atoms with Crippen molar-refractivity contribution in [3.8, 4) is 5.75 Å². The second kappa shape index (κ2) is 7.09. The highest BCUT2D eigenvalue weighted by Crippen LogP contribution is 2.20. The fourth-order valence-electron chi connectivity index (χ4n) is 2.48. The van der Waals surface area contributed by atoms with E-state index in [2.05, 4.69) is 35.2 Å². The molecule has 118 valence electrons. The van der Waals surface area contributed by atoms with Gasteiger partial charge in [0.1, 0.15) is 24.5 Å². The molecular formula is C19H21N3O. The van der Waals surface area contributed by atoms with Gasteiger partial charge in [0.2, 0.25) is 0 Å². The van der Waals surface area contributed by atoms with Gasteiger partial charge in [-0.1, -0.05) is 31.2 Å². The number of anilines is 1. The van der Waals surface area contributed by atoms with Crippen molar-refractivity contribution in [1.82, 2.24) is 9.97 Å². The van der Waals surface area contributed by atoms with Crippen LogP contribution >= 0.6 is 0 Å². The fourth-order valence-corrected chi connectivity index (χ4v) is 2.48. The average Bonchev–Trinajstić information content (AvgIpc) is 2.59. The maximum absolute atomic E-state index is 5.92. The lowest BCUT2D eigenvalue weighted by atomic mass is 10.2. The van der Waals surface area contributed by atoms with Gasteiger partial charge in [-0.3, -0.25) is 0 Å². The van der Waals surface area contributed by atoms with Gasteiger partial charge in [0.15, 0.2) is 0 Å². The molecule has 1 atom stereocenters. The summed E-state index contributed by atoms with van der Waals surface area (Å²) in [4.78, 5) is 8.68. The number of benzene rings is 2. The monoisotopic (exact) mass is 307 g/mol. The number of hydrogen-bond donors (Lipinski definition) is 1. The van der Waals surface area contributed by atoms with Gasteiger partial charge in [0, 0.05) is 5.39 Å². The van der Waals surface area contributed by atoms with E-state index in [9.17, 15) is 0 Å². The molecule has 0 fully saturated rings. The first kappa shape index (κ1) is 15.3. The Morgan fingerprint density at radius 2 is 1.96 bits per heavy atom. The molecule has 0 spiro atoms. The molecule has 4 heteroatoms. The Balaban J connectivity index is 1.71. The topological polar surface area (TPSA) is 47.0 Å². The van der Waals surface area contributed by atoms with Crippen molar-refractivity contribution >= 4 is 16.7 Å². The third kappa shape index (κ3) is 3.77. The predicted octanol–water partition coefficient (Wildman–Crippen LogP) is 4.21. The molecule has 0 saturated carbocycles. The first-order chi connectivity index (χ1) is 11.3. The molecule has 0 radical (unpaired) electrons.